The number of piperazine rings is 1. The van der Waals surface area contributed by atoms with Gasteiger partial charge in [0.05, 0.1) is 13.2 Å². The first-order chi connectivity index (χ1) is 13.0. The number of amides is 1. The zero-order valence-electron chi connectivity index (χ0n) is 15.9. The zero-order valence-corrected chi connectivity index (χ0v) is 15.9. The van der Waals surface area contributed by atoms with E-state index in [9.17, 15) is 9.18 Å². The van der Waals surface area contributed by atoms with Crippen LogP contribution in [-0.4, -0.2) is 60.2 Å². The molecule has 1 aromatic carbocycles. The van der Waals surface area contributed by atoms with Crippen LogP contribution >= 0.6 is 0 Å². The van der Waals surface area contributed by atoms with Crippen molar-refractivity contribution in [1.29, 1.82) is 0 Å². The number of nitrogens with one attached hydrogen (secondary N) is 1. The number of nitrogens with zero attached hydrogens (tertiary/aromatic N) is 3. The van der Waals surface area contributed by atoms with Gasteiger partial charge in [-0.25, -0.2) is 4.39 Å². The molecule has 0 spiro atoms. The monoisotopic (exact) mass is 376 g/mol. The van der Waals surface area contributed by atoms with E-state index >= 15 is 0 Å². The number of aryl methyl sites for hydroxylation is 1. The maximum atomic E-state index is 13.8. The summed E-state index contributed by atoms with van der Waals surface area (Å²) in [5.41, 5.74) is 0.911. The topological polar surface area (TPSA) is 70.8 Å². The van der Waals surface area contributed by atoms with E-state index in [1.54, 1.807) is 19.1 Å². The summed E-state index contributed by atoms with van der Waals surface area (Å²) < 4.78 is 23.8. The minimum atomic E-state index is -0.345. The Kier molecular flexibility index (Phi) is 6.08. The molecule has 7 nitrogen and oxygen atoms in total. The van der Waals surface area contributed by atoms with Gasteiger partial charge in [0, 0.05) is 38.8 Å². The number of carbonyl (C=O) groups excluding carboxylic acids is 1. The normalized spacial score (nSPS) is 16.9. The van der Waals surface area contributed by atoms with Gasteiger partial charge in [-0.05, 0) is 31.5 Å². The van der Waals surface area contributed by atoms with Crippen molar-refractivity contribution in [3.8, 4) is 5.75 Å². The van der Waals surface area contributed by atoms with E-state index in [1.807, 2.05) is 13.0 Å². The summed E-state index contributed by atoms with van der Waals surface area (Å²) in [6.45, 7) is 7.50. The molecule has 27 heavy (non-hydrogen) atoms. The fourth-order valence-corrected chi connectivity index (χ4v) is 3.20. The van der Waals surface area contributed by atoms with Gasteiger partial charge in [0.25, 0.3) is 0 Å². The Labute approximate surface area is 158 Å². The first-order valence-corrected chi connectivity index (χ1v) is 8.99. The summed E-state index contributed by atoms with van der Waals surface area (Å²) in [5, 5.41) is 6.56. The first-order valence-electron chi connectivity index (χ1n) is 8.99. The Morgan fingerprint density at radius 1 is 1.33 bits per heavy atom. The van der Waals surface area contributed by atoms with E-state index in [0.29, 0.717) is 18.1 Å². The molecular formula is C19H25FN4O3. The molecule has 1 aromatic heterocycles. The molecule has 0 bridgehead atoms. The van der Waals surface area contributed by atoms with Crippen molar-refractivity contribution in [2.45, 2.75) is 26.4 Å². The molecule has 2 aromatic rings. The van der Waals surface area contributed by atoms with Gasteiger partial charge in [0.1, 0.15) is 5.76 Å². The molecular weight excluding hydrogens is 351 g/mol. The molecule has 2 heterocycles. The van der Waals surface area contributed by atoms with E-state index in [2.05, 4.69) is 20.3 Å². The van der Waals surface area contributed by atoms with E-state index in [-0.39, 0.29) is 23.5 Å². The second kappa shape index (κ2) is 8.49. The molecule has 146 valence electrons. The SMILES string of the molecule is COc1ccc(CN2CCN(C(C)C(=O)Nc3cc(C)on3)CC2)cc1F. The number of ether oxygens (including phenoxy) is 1. The quantitative estimate of drug-likeness (QED) is 0.834. The number of aromatic nitrogens is 1. The third-order valence-corrected chi connectivity index (χ3v) is 4.84. The van der Waals surface area contributed by atoms with Crippen molar-refractivity contribution < 1.29 is 18.4 Å². The van der Waals surface area contributed by atoms with Gasteiger partial charge in [-0.15, -0.1) is 0 Å². The van der Waals surface area contributed by atoms with Gasteiger partial charge < -0.3 is 14.6 Å². The lowest BCUT2D eigenvalue weighted by atomic mass is 10.1. The molecule has 1 aliphatic heterocycles. The average Bonchev–Trinajstić information content (AvgIpc) is 3.06. The number of anilines is 1. The molecule has 1 saturated heterocycles. The van der Waals surface area contributed by atoms with E-state index < -0.39 is 0 Å². The summed E-state index contributed by atoms with van der Waals surface area (Å²) >= 11 is 0. The zero-order chi connectivity index (χ0) is 19.4. The Bertz CT molecular complexity index is 787. The molecule has 1 amide bonds. The largest absolute Gasteiger partial charge is 0.494 e. The number of benzene rings is 1. The predicted molar refractivity (Wildman–Crippen MR) is 99.1 cm³/mol. The van der Waals surface area contributed by atoms with Crippen LogP contribution in [-0.2, 0) is 11.3 Å². The number of halogens is 1. The number of methoxy groups -OCH3 is 1. The third kappa shape index (κ3) is 4.84. The number of rotatable bonds is 6. The fourth-order valence-electron chi connectivity index (χ4n) is 3.20. The second-order valence-electron chi connectivity index (χ2n) is 6.77. The lowest BCUT2D eigenvalue weighted by Crippen LogP contribution is -2.52. The molecule has 3 rings (SSSR count). The number of carbonyl (C=O) groups is 1. The van der Waals surface area contributed by atoms with Crippen molar-refractivity contribution in [3.63, 3.8) is 0 Å². The summed E-state index contributed by atoms with van der Waals surface area (Å²) in [4.78, 5) is 16.8. The lowest BCUT2D eigenvalue weighted by molar-refractivity contribution is -0.121. The Hall–Kier alpha value is -2.45. The average molecular weight is 376 g/mol. The molecule has 0 radical (unpaired) electrons. The van der Waals surface area contributed by atoms with Gasteiger partial charge in [-0.3, -0.25) is 14.6 Å². The number of hydrogen-bond acceptors (Lipinski definition) is 6. The van der Waals surface area contributed by atoms with Crippen molar-refractivity contribution >= 4 is 11.7 Å². The summed E-state index contributed by atoms with van der Waals surface area (Å²) in [6, 6.07) is 6.48. The van der Waals surface area contributed by atoms with Crippen LogP contribution in [0, 0.1) is 12.7 Å². The van der Waals surface area contributed by atoms with Crippen LogP contribution in [0.4, 0.5) is 10.2 Å². The number of hydrogen-bond donors (Lipinski definition) is 1. The molecule has 1 unspecified atom stereocenters. The lowest BCUT2D eigenvalue weighted by Gasteiger charge is -2.37. The highest BCUT2D eigenvalue weighted by Gasteiger charge is 2.26. The van der Waals surface area contributed by atoms with E-state index in [1.165, 1.54) is 13.2 Å². The molecule has 1 atom stereocenters. The van der Waals surface area contributed by atoms with E-state index in [4.69, 9.17) is 9.26 Å². The van der Waals surface area contributed by atoms with Crippen LogP contribution in [0.1, 0.15) is 18.2 Å². The molecule has 0 saturated carbocycles. The van der Waals surface area contributed by atoms with Crippen LogP contribution < -0.4 is 10.1 Å². The van der Waals surface area contributed by atoms with Gasteiger partial charge in [-0.1, -0.05) is 11.2 Å². The van der Waals surface area contributed by atoms with Crippen LogP contribution in [0.25, 0.3) is 0 Å². The highest BCUT2D eigenvalue weighted by molar-refractivity contribution is 5.93. The molecule has 1 aliphatic rings. The Morgan fingerprint density at radius 3 is 2.67 bits per heavy atom. The summed E-state index contributed by atoms with van der Waals surface area (Å²) in [7, 11) is 1.46. The van der Waals surface area contributed by atoms with Crippen molar-refractivity contribution in [3.05, 3.63) is 41.4 Å². The molecule has 1 N–H and O–H groups in total. The molecule has 0 aliphatic carbocycles. The summed E-state index contributed by atoms with van der Waals surface area (Å²) in [6.07, 6.45) is 0. The maximum Gasteiger partial charge on any atom is 0.242 e. The Balaban J connectivity index is 1.49. The molecule has 8 heteroatoms. The smallest absolute Gasteiger partial charge is 0.242 e. The third-order valence-electron chi connectivity index (χ3n) is 4.84. The van der Waals surface area contributed by atoms with Gasteiger partial charge in [-0.2, -0.15) is 0 Å². The van der Waals surface area contributed by atoms with Crippen molar-refractivity contribution in [2.75, 3.05) is 38.6 Å². The van der Waals surface area contributed by atoms with E-state index in [0.717, 1.165) is 31.7 Å². The maximum absolute atomic E-state index is 13.8. The Morgan fingerprint density at radius 2 is 2.07 bits per heavy atom. The summed E-state index contributed by atoms with van der Waals surface area (Å²) in [5.74, 6) is 0.896. The predicted octanol–water partition coefficient (Wildman–Crippen LogP) is 2.28. The van der Waals surface area contributed by atoms with Crippen LogP contribution in [0.5, 0.6) is 5.75 Å². The van der Waals surface area contributed by atoms with Crippen molar-refractivity contribution in [2.24, 2.45) is 0 Å². The highest BCUT2D eigenvalue weighted by atomic mass is 19.1. The van der Waals surface area contributed by atoms with Gasteiger partial charge >= 0.3 is 0 Å². The minimum Gasteiger partial charge on any atom is -0.494 e. The minimum absolute atomic E-state index is 0.103. The first kappa shape index (κ1) is 19.3. The highest BCUT2D eigenvalue weighted by Crippen LogP contribution is 2.19. The molecule has 1 fully saturated rings. The van der Waals surface area contributed by atoms with Crippen molar-refractivity contribution in [1.82, 2.24) is 15.0 Å². The fraction of sp³-hybridized carbons (Fsp3) is 0.474. The standard InChI is InChI=1S/C19H25FN4O3/c1-13-10-18(22-27-13)21-19(25)14(2)24-8-6-23(7-9-24)12-15-4-5-17(26-3)16(20)11-15/h4-5,10-11,14H,6-9,12H2,1-3H3,(H,21,22,25). The van der Waals surface area contributed by atoms with Crippen LogP contribution in [0.15, 0.2) is 28.8 Å². The van der Waals surface area contributed by atoms with Crippen LogP contribution in [0.2, 0.25) is 0 Å². The van der Waals surface area contributed by atoms with Gasteiger partial charge in [0.2, 0.25) is 5.91 Å². The van der Waals surface area contributed by atoms with Crippen LogP contribution in [0.3, 0.4) is 0 Å². The second-order valence-corrected chi connectivity index (χ2v) is 6.77. The van der Waals surface area contributed by atoms with Gasteiger partial charge in [0.15, 0.2) is 17.4 Å².